The largest absolute Gasteiger partial charge is 0.463 e. The molecule has 0 bridgehead atoms. The lowest BCUT2D eigenvalue weighted by molar-refractivity contribution is -0.161. The van der Waals surface area contributed by atoms with Gasteiger partial charge in [-0.25, -0.2) is 9.59 Å². The summed E-state index contributed by atoms with van der Waals surface area (Å²) in [7, 11) is 0. The van der Waals surface area contributed by atoms with Crippen LogP contribution in [0.15, 0.2) is 30.3 Å². The second kappa shape index (κ2) is 13.2. The van der Waals surface area contributed by atoms with Crippen molar-refractivity contribution in [2.45, 2.75) is 59.0 Å². The monoisotopic (exact) mass is 392 g/mol. The van der Waals surface area contributed by atoms with Crippen molar-refractivity contribution in [2.24, 2.45) is 5.92 Å². The van der Waals surface area contributed by atoms with Crippen molar-refractivity contribution in [3.63, 3.8) is 0 Å². The number of amides is 1. The van der Waals surface area contributed by atoms with E-state index in [4.69, 9.17) is 9.47 Å². The van der Waals surface area contributed by atoms with Gasteiger partial charge in [0.2, 0.25) is 5.60 Å². The van der Waals surface area contributed by atoms with Gasteiger partial charge in [0.1, 0.15) is 0 Å². The molecule has 6 heteroatoms. The van der Waals surface area contributed by atoms with Gasteiger partial charge in [-0.1, -0.05) is 50.1 Å². The molecule has 0 aliphatic rings. The van der Waals surface area contributed by atoms with Gasteiger partial charge in [-0.15, -0.1) is 0 Å². The molecule has 1 rings (SSSR count). The number of carbonyl (C=O) groups is 2. The molecule has 1 atom stereocenters. The number of esters is 1. The lowest BCUT2D eigenvalue weighted by Crippen LogP contribution is -2.43. The second-order valence-corrected chi connectivity index (χ2v) is 7.45. The number of hydrogen-bond donors (Lipinski definition) is 2. The quantitative estimate of drug-likeness (QED) is 0.395. The summed E-state index contributed by atoms with van der Waals surface area (Å²) in [6.45, 7) is 9.19. The molecule has 0 radical (unpaired) electrons. The van der Waals surface area contributed by atoms with Crippen molar-refractivity contribution in [3.8, 4) is 0 Å². The van der Waals surface area contributed by atoms with Crippen molar-refractivity contribution in [2.75, 3.05) is 26.2 Å². The van der Waals surface area contributed by atoms with Crippen LogP contribution < -0.4 is 10.6 Å². The first-order chi connectivity index (χ1) is 13.4. The first-order valence-corrected chi connectivity index (χ1v) is 10.3. The molecular weight excluding hydrogens is 356 g/mol. The van der Waals surface area contributed by atoms with Gasteiger partial charge in [0.05, 0.1) is 6.61 Å². The van der Waals surface area contributed by atoms with Crippen LogP contribution >= 0.6 is 0 Å². The van der Waals surface area contributed by atoms with Crippen LogP contribution in [0.1, 0.15) is 52.5 Å². The molecule has 1 unspecified atom stereocenters. The number of unbranched alkanes of at least 4 members (excludes halogenated alkanes) is 1. The minimum absolute atomic E-state index is 0.249. The topological polar surface area (TPSA) is 76.7 Å². The van der Waals surface area contributed by atoms with Gasteiger partial charge in [0, 0.05) is 13.1 Å². The molecule has 1 aromatic rings. The summed E-state index contributed by atoms with van der Waals surface area (Å²) in [5, 5.41) is 6.08. The highest BCUT2D eigenvalue weighted by atomic mass is 16.6. The Morgan fingerprint density at radius 1 is 1.11 bits per heavy atom. The number of carbonyl (C=O) groups excluding carboxylic acids is 2. The van der Waals surface area contributed by atoms with Crippen molar-refractivity contribution >= 4 is 12.1 Å². The standard InChI is InChI=1S/C22H36N2O4/c1-5-7-11-19(16-18-12-9-8-10-13-18)17-23-14-15-24-21(26)28-22(3,4)20(25)27-6-2/h8-10,12-13,19,23H,5-7,11,14-17H2,1-4H3,(H,24,26). The smallest absolute Gasteiger partial charge is 0.408 e. The lowest BCUT2D eigenvalue weighted by Gasteiger charge is -2.23. The van der Waals surface area contributed by atoms with Gasteiger partial charge in [0.15, 0.2) is 0 Å². The summed E-state index contributed by atoms with van der Waals surface area (Å²) in [5.74, 6) is 0.0139. The number of rotatable bonds is 13. The fourth-order valence-corrected chi connectivity index (χ4v) is 2.89. The number of alkyl carbamates (subject to hydrolysis) is 1. The number of ether oxygens (including phenoxy) is 2. The van der Waals surface area contributed by atoms with Crippen LogP contribution in [0.5, 0.6) is 0 Å². The Bertz CT molecular complexity index is 575. The van der Waals surface area contributed by atoms with Crippen molar-refractivity contribution in [1.29, 1.82) is 0 Å². The highest BCUT2D eigenvalue weighted by molar-refractivity contribution is 5.82. The Kier molecular flexibility index (Phi) is 11.3. The number of nitrogens with one attached hydrogen (secondary N) is 2. The van der Waals surface area contributed by atoms with E-state index in [0.717, 1.165) is 13.0 Å². The summed E-state index contributed by atoms with van der Waals surface area (Å²) in [5.41, 5.74) is 0.0577. The van der Waals surface area contributed by atoms with Crippen LogP contribution in [0, 0.1) is 5.92 Å². The van der Waals surface area contributed by atoms with E-state index in [2.05, 4.69) is 41.8 Å². The van der Waals surface area contributed by atoms with Crippen molar-refractivity contribution in [1.82, 2.24) is 10.6 Å². The Morgan fingerprint density at radius 3 is 2.46 bits per heavy atom. The summed E-state index contributed by atoms with van der Waals surface area (Å²) in [6.07, 6.45) is 4.02. The molecule has 158 valence electrons. The molecule has 2 N–H and O–H groups in total. The fourth-order valence-electron chi connectivity index (χ4n) is 2.89. The van der Waals surface area contributed by atoms with Crippen molar-refractivity contribution < 1.29 is 19.1 Å². The average molecular weight is 393 g/mol. The minimum atomic E-state index is -1.30. The van der Waals surface area contributed by atoms with Crippen molar-refractivity contribution in [3.05, 3.63) is 35.9 Å². The highest BCUT2D eigenvalue weighted by Crippen LogP contribution is 2.15. The van der Waals surface area contributed by atoms with E-state index < -0.39 is 17.7 Å². The van der Waals surface area contributed by atoms with E-state index in [9.17, 15) is 9.59 Å². The van der Waals surface area contributed by atoms with E-state index in [1.165, 1.54) is 38.7 Å². The molecule has 0 aliphatic carbocycles. The zero-order chi connectivity index (χ0) is 20.8. The minimum Gasteiger partial charge on any atom is -0.463 e. The highest BCUT2D eigenvalue weighted by Gasteiger charge is 2.33. The summed E-state index contributed by atoms with van der Waals surface area (Å²) >= 11 is 0. The molecule has 28 heavy (non-hydrogen) atoms. The summed E-state index contributed by atoms with van der Waals surface area (Å²) in [4.78, 5) is 23.6. The van der Waals surface area contributed by atoms with Gasteiger partial charge in [-0.05, 0) is 51.6 Å². The van der Waals surface area contributed by atoms with Crippen LogP contribution in [0.3, 0.4) is 0 Å². The van der Waals surface area contributed by atoms with Crippen LogP contribution in [-0.2, 0) is 20.7 Å². The fraction of sp³-hybridized carbons (Fsp3) is 0.636. The summed E-state index contributed by atoms with van der Waals surface area (Å²) in [6, 6.07) is 10.5. The number of hydrogen-bond acceptors (Lipinski definition) is 5. The Hall–Kier alpha value is -2.08. The molecule has 6 nitrogen and oxygen atoms in total. The molecule has 0 fully saturated rings. The SMILES string of the molecule is CCCCC(CNCCNC(=O)OC(C)(C)C(=O)OCC)Cc1ccccc1. The van der Waals surface area contributed by atoms with E-state index >= 15 is 0 Å². The molecule has 0 spiro atoms. The maximum atomic E-state index is 11.9. The van der Waals surface area contributed by atoms with E-state index in [-0.39, 0.29) is 6.61 Å². The normalized spacial score (nSPS) is 12.3. The van der Waals surface area contributed by atoms with E-state index in [1.807, 2.05) is 6.07 Å². The predicted octanol–water partition coefficient (Wildman–Crippen LogP) is 3.69. The van der Waals surface area contributed by atoms with Gasteiger partial charge in [-0.3, -0.25) is 0 Å². The first-order valence-electron chi connectivity index (χ1n) is 10.3. The molecule has 1 aromatic carbocycles. The molecular formula is C22H36N2O4. The summed E-state index contributed by atoms with van der Waals surface area (Å²) < 4.78 is 10.1. The predicted molar refractivity (Wildman–Crippen MR) is 111 cm³/mol. The Labute approximate surface area is 169 Å². The van der Waals surface area contributed by atoms with Gasteiger partial charge in [-0.2, -0.15) is 0 Å². The van der Waals surface area contributed by atoms with Crippen LogP contribution in [-0.4, -0.2) is 43.9 Å². The molecule has 1 amide bonds. The maximum Gasteiger partial charge on any atom is 0.408 e. The van der Waals surface area contributed by atoms with E-state index in [1.54, 1.807) is 6.92 Å². The van der Waals surface area contributed by atoms with Gasteiger partial charge < -0.3 is 20.1 Å². The third-order valence-corrected chi connectivity index (χ3v) is 4.45. The molecule has 0 saturated carbocycles. The third kappa shape index (κ3) is 9.74. The third-order valence-electron chi connectivity index (χ3n) is 4.45. The van der Waals surface area contributed by atoms with Crippen LogP contribution in [0.2, 0.25) is 0 Å². The first kappa shape index (κ1) is 24.0. The second-order valence-electron chi connectivity index (χ2n) is 7.45. The molecule has 0 saturated heterocycles. The Morgan fingerprint density at radius 2 is 1.82 bits per heavy atom. The Balaban J connectivity index is 2.30. The van der Waals surface area contributed by atoms with E-state index in [0.29, 0.717) is 19.0 Å². The molecule has 0 aliphatic heterocycles. The zero-order valence-corrected chi connectivity index (χ0v) is 17.8. The van der Waals surface area contributed by atoms with Crippen LogP contribution in [0.25, 0.3) is 0 Å². The van der Waals surface area contributed by atoms with Gasteiger partial charge >= 0.3 is 12.1 Å². The molecule has 0 aromatic heterocycles. The van der Waals surface area contributed by atoms with Crippen LogP contribution in [0.4, 0.5) is 4.79 Å². The average Bonchev–Trinajstić information content (AvgIpc) is 2.66. The molecule has 0 heterocycles. The lowest BCUT2D eigenvalue weighted by atomic mass is 9.94. The van der Waals surface area contributed by atoms with Gasteiger partial charge in [0.25, 0.3) is 0 Å². The number of benzene rings is 1. The zero-order valence-electron chi connectivity index (χ0n) is 17.8. The maximum absolute atomic E-state index is 11.9.